The molecule has 0 atom stereocenters. The molecule has 0 aliphatic carbocycles. The lowest BCUT2D eigenvalue weighted by Crippen LogP contribution is -2.17. The van der Waals surface area contributed by atoms with Crippen molar-refractivity contribution in [2.75, 3.05) is 13.1 Å². The Kier molecular flexibility index (Phi) is 6.84. The van der Waals surface area contributed by atoms with Crippen LogP contribution < -0.4 is 5.32 Å². The lowest BCUT2D eigenvalue weighted by molar-refractivity contribution is -0.384. The summed E-state index contributed by atoms with van der Waals surface area (Å²) in [5.41, 5.74) is 1.12. The lowest BCUT2D eigenvalue weighted by Gasteiger charge is -2.00. The van der Waals surface area contributed by atoms with Gasteiger partial charge in [-0.15, -0.1) is 12.4 Å². The molecule has 0 heterocycles. The van der Waals surface area contributed by atoms with E-state index in [0.29, 0.717) is 13.1 Å². The number of hydrogen-bond acceptors (Lipinski definition) is 4. The lowest BCUT2D eigenvalue weighted by atomic mass is 10.1. The Morgan fingerprint density at radius 2 is 2.00 bits per heavy atom. The van der Waals surface area contributed by atoms with Crippen molar-refractivity contribution in [3.8, 4) is 6.07 Å². The maximum Gasteiger partial charge on any atom is 0.269 e. The van der Waals surface area contributed by atoms with Crippen LogP contribution in [0.2, 0.25) is 0 Å². The Hall–Kier alpha value is -1.64. The Morgan fingerprint density at radius 3 is 2.50 bits per heavy atom. The van der Waals surface area contributed by atoms with Gasteiger partial charge in [0.05, 0.1) is 17.5 Å². The first kappa shape index (κ1) is 14.4. The summed E-state index contributed by atoms with van der Waals surface area (Å²) >= 11 is 0. The molecule has 0 amide bonds. The second-order valence-corrected chi connectivity index (χ2v) is 3.01. The van der Waals surface area contributed by atoms with Gasteiger partial charge in [0, 0.05) is 18.7 Å². The van der Waals surface area contributed by atoms with E-state index >= 15 is 0 Å². The van der Waals surface area contributed by atoms with E-state index < -0.39 is 4.92 Å². The van der Waals surface area contributed by atoms with Crippen LogP contribution in [-0.4, -0.2) is 18.0 Å². The van der Waals surface area contributed by atoms with Gasteiger partial charge in [-0.2, -0.15) is 5.26 Å². The van der Waals surface area contributed by atoms with Crippen LogP contribution >= 0.6 is 12.4 Å². The second kappa shape index (κ2) is 7.63. The van der Waals surface area contributed by atoms with Crippen molar-refractivity contribution >= 4 is 18.1 Å². The molecule has 1 aromatic carbocycles. The number of benzene rings is 1. The zero-order valence-electron chi connectivity index (χ0n) is 8.55. The highest BCUT2D eigenvalue weighted by molar-refractivity contribution is 5.85. The van der Waals surface area contributed by atoms with Crippen LogP contribution in [-0.2, 0) is 6.42 Å². The Labute approximate surface area is 99.6 Å². The van der Waals surface area contributed by atoms with E-state index in [4.69, 9.17) is 5.26 Å². The molecule has 0 fully saturated rings. The van der Waals surface area contributed by atoms with Gasteiger partial charge in [-0.1, -0.05) is 12.1 Å². The molecule has 5 nitrogen and oxygen atoms in total. The highest BCUT2D eigenvalue weighted by Gasteiger charge is 2.03. The fraction of sp³-hybridized carbons (Fsp3) is 0.300. The largest absolute Gasteiger partial charge is 0.304 e. The molecule has 0 radical (unpaired) electrons. The summed E-state index contributed by atoms with van der Waals surface area (Å²) in [7, 11) is 0. The van der Waals surface area contributed by atoms with Gasteiger partial charge in [-0.3, -0.25) is 10.1 Å². The van der Waals surface area contributed by atoms with Crippen molar-refractivity contribution in [3.05, 3.63) is 39.9 Å². The average Bonchev–Trinajstić information content (AvgIpc) is 2.25. The standard InChI is InChI=1S/C10H11N3O2.ClH/c11-6-8-12-7-5-9-1-3-10(4-2-9)13(14)15;/h1-4,12H,5,7-8H2;1H. The molecule has 0 saturated heterocycles. The molecule has 0 aromatic heterocycles. The van der Waals surface area contributed by atoms with Crippen LogP contribution in [0.25, 0.3) is 0 Å². The third-order valence-corrected chi connectivity index (χ3v) is 1.94. The SMILES string of the molecule is Cl.N#CCNCCc1ccc([N+](=O)[O-])cc1. The van der Waals surface area contributed by atoms with Crippen LogP contribution in [0, 0.1) is 21.4 Å². The van der Waals surface area contributed by atoms with E-state index in [1.165, 1.54) is 12.1 Å². The molecule has 1 N–H and O–H groups in total. The maximum absolute atomic E-state index is 10.4. The van der Waals surface area contributed by atoms with Crippen molar-refractivity contribution < 1.29 is 4.92 Å². The number of nitrogens with zero attached hydrogens (tertiary/aromatic N) is 2. The van der Waals surface area contributed by atoms with E-state index in [9.17, 15) is 10.1 Å². The van der Waals surface area contributed by atoms with Crippen molar-refractivity contribution in [3.63, 3.8) is 0 Å². The molecule has 0 unspecified atom stereocenters. The molecular formula is C10H12ClN3O2. The quantitative estimate of drug-likeness (QED) is 0.368. The monoisotopic (exact) mass is 241 g/mol. The molecule has 0 bridgehead atoms. The van der Waals surface area contributed by atoms with Gasteiger partial charge in [0.25, 0.3) is 5.69 Å². The van der Waals surface area contributed by atoms with Crippen molar-refractivity contribution in [1.82, 2.24) is 5.32 Å². The molecule has 1 aromatic rings. The summed E-state index contributed by atoms with van der Waals surface area (Å²) in [4.78, 5) is 9.95. The first-order valence-electron chi connectivity index (χ1n) is 4.55. The van der Waals surface area contributed by atoms with Crippen LogP contribution in [0.5, 0.6) is 0 Å². The maximum atomic E-state index is 10.4. The molecular weight excluding hydrogens is 230 g/mol. The van der Waals surface area contributed by atoms with E-state index in [1.54, 1.807) is 12.1 Å². The van der Waals surface area contributed by atoms with Gasteiger partial charge in [-0.05, 0) is 12.0 Å². The van der Waals surface area contributed by atoms with E-state index in [-0.39, 0.29) is 18.1 Å². The van der Waals surface area contributed by atoms with Crippen molar-refractivity contribution in [1.29, 1.82) is 5.26 Å². The number of nitro benzene ring substituents is 1. The summed E-state index contributed by atoms with van der Waals surface area (Å²) in [6.07, 6.45) is 0.764. The van der Waals surface area contributed by atoms with E-state index in [1.807, 2.05) is 6.07 Å². The van der Waals surface area contributed by atoms with Crippen LogP contribution in [0.15, 0.2) is 24.3 Å². The number of rotatable bonds is 5. The second-order valence-electron chi connectivity index (χ2n) is 3.01. The van der Waals surface area contributed by atoms with Gasteiger partial charge in [0.1, 0.15) is 0 Å². The molecule has 0 spiro atoms. The predicted molar refractivity (Wildman–Crippen MR) is 62.5 cm³/mol. The van der Waals surface area contributed by atoms with Crippen LogP contribution in [0.4, 0.5) is 5.69 Å². The van der Waals surface area contributed by atoms with Gasteiger partial charge in [0.15, 0.2) is 0 Å². The summed E-state index contributed by atoms with van der Waals surface area (Å²) < 4.78 is 0. The summed E-state index contributed by atoms with van der Waals surface area (Å²) in [6, 6.07) is 8.41. The van der Waals surface area contributed by atoms with Crippen molar-refractivity contribution in [2.45, 2.75) is 6.42 Å². The Morgan fingerprint density at radius 1 is 1.38 bits per heavy atom. The van der Waals surface area contributed by atoms with Gasteiger partial charge < -0.3 is 5.32 Å². The van der Waals surface area contributed by atoms with Crippen LogP contribution in [0.1, 0.15) is 5.56 Å². The summed E-state index contributed by atoms with van der Waals surface area (Å²) in [6.45, 7) is 1.03. The number of nitrogens with one attached hydrogen (secondary N) is 1. The fourth-order valence-electron chi connectivity index (χ4n) is 1.16. The van der Waals surface area contributed by atoms with Gasteiger partial charge in [-0.25, -0.2) is 0 Å². The number of non-ortho nitro benzene ring substituents is 1. The predicted octanol–water partition coefficient (Wildman–Crippen LogP) is 1.67. The third-order valence-electron chi connectivity index (χ3n) is 1.94. The zero-order chi connectivity index (χ0) is 11.1. The number of halogens is 1. The normalized spacial score (nSPS) is 8.94. The minimum absolute atomic E-state index is 0. The zero-order valence-corrected chi connectivity index (χ0v) is 9.37. The molecule has 1 rings (SSSR count). The van der Waals surface area contributed by atoms with Crippen LogP contribution in [0.3, 0.4) is 0 Å². The Bertz CT molecular complexity index is 373. The molecule has 0 aliphatic heterocycles. The van der Waals surface area contributed by atoms with Gasteiger partial charge in [0.2, 0.25) is 0 Å². The first-order valence-corrected chi connectivity index (χ1v) is 4.55. The fourth-order valence-corrected chi connectivity index (χ4v) is 1.16. The molecule has 6 heteroatoms. The molecule has 86 valence electrons. The number of hydrogen-bond donors (Lipinski definition) is 1. The highest BCUT2D eigenvalue weighted by Crippen LogP contribution is 2.11. The average molecular weight is 242 g/mol. The highest BCUT2D eigenvalue weighted by atomic mass is 35.5. The summed E-state index contributed by atoms with van der Waals surface area (Å²) in [5.74, 6) is 0. The smallest absolute Gasteiger partial charge is 0.269 e. The number of nitro groups is 1. The third kappa shape index (κ3) is 4.73. The molecule has 0 saturated carbocycles. The van der Waals surface area contributed by atoms with E-state index in [2.05, 4.69) is 5.32 Å². The molecule has 16 heavy (non-hydrogen) atoms. The minimum atomic E-state index is -0.419. The minimum Gasteiger partial charge on any atom is -0.304 e. The Balaban J connectivity index is 0.00000225. The topological polar surface area (TPSA) is 79.0 Å². The number of nitriles is 1. The summed E-state index contributed by atoms with van der Waals surface area (Å²) in [5, 5.41) is 21.6. The van der Waals surface area contributed by atoms with Crippen molar-refractivity contribution in [2.24, 2.45) is 0 Å². The molecule has 0 aliphatic rings. The van der Waals surface area contributed by atoms with E-state index in [0.717, 1.165) is 12.0 Å². The first-order chi connectivity index (χ1) is 7.24. The van der Waals surface area contributed by atoms with Gasteiger partial charge >= 0.3 is 0 Å².